The van der Waals surface area contributed by atoms with Crippen molar-refractivity contribution in [2.45, 2.75) is 12.5 Å². The zero-order valence-electron chi connectivity index (χ0n) is 11.4. The first-order valence-corrected chi connectivity index (χ1v) is 7.09. The Morgan fingerprint density at radius 1 is 0.950 bits per heavy atom. The molecule has 0 saturated carbocycles. The Morgan fingerprint density at radius 3 is 1.90 bits per heavy atom. The molecule has 1 fully saturated rings. The van der Waals surface area contributed by atoms with E-state index in [9.17, 15) is 0 Å². The summed E-state index contributed by atoms with van der Waals surface area (Å²) in [7, 11) is 0. The molecule has 3 rings (SSSR count). The molecule has 20 heavy (non-hydrogen) atoms. The summed E-state index contributed by atoms with van der Waals surface area (Å²) in [4.78, 5) is 2.46. The van der Waals surface area contributed by atoms with E-state index >= 15 is 0 Å². The Bertz CT molecular complexity index is 540. The minimum atomic E-state index is 0.312. The SMILES string of the molecule is N#CCC1CN(C(c2ccccc2)c2ccccc2)C1. The van der Waals surface area contributed by atoms with Crippen LogP contribution in [-0.2, 0) is 0 Å². The van der Waals surface area contributed by atoms with Crippen LogP contribution in [0.4, 0.5) is 0 Å². The highest BCUT2D eigenvalue weighted by Crippen LogP contribution is 2.34. The van der Waals surface area contributed by atoms with Crippen LogP contribution in [0.3, 0.4) is 0 Å². The molecule has 1 heterocycles. The van der Waals surface area contributed by atoms with E-state index in [1.165, 1.54) is 11.1 Å². The minimum Gasteiger partial charge on any atom is -0.292 e. The molecule has 0 N–H and O–H groups in total. The van der Waals surface area contributed by atoms with Crippen LogP contribution in [0.2, 0.25) is 0 Å². The fraction of sp³-hybridized carbons (Fsp3) is 0.278. The first kappa shape index (κ1) is 12.9. The molecule has 1 aliphatic rings. The van der Waals surface area contributed by atoms with E-state index in [4.69, 9.17) is 5.26 Å². The molecule has 0 amide bonds. The maximum atomic E-state index is 8.79. The molecule has 1 saturated heterocycles. The van der Waals surface area contributed by atoms with Gasteiger partial charge in [0.25, 0.3) is 0 Å². The van der Waals surface area contributed by atoms with Gasteiger partial charge in [-0.2, -0.15) is 5.26 Å². The van der Waals surface area contributed by atoms with Crippen LogP contribution in [0.1, 0.15) is 23.6 Å². The monoisotopic (exact) mass is 262 g/mol. The highest BCUT2D eigenvalue weighted by atomic mass is 15.2. The predicted molar refractivity (Wildman–Crippen MR) is 80.0 cm³/mol. The van der Waals surface area contributed by atoms with Crippen LogP contribution in [0.25, 0.3) is 0 Å². The highest BCUT2D eigenvalue weighted by Gasteiger charge is 2.33. The number of hydrogen-bond donors (Lipinski definition) is 0. The summed E-state index contributed by atoms with van der Waals surface area (Å²) in [6.07, 6.45) is 0.673. The van der Waals surface area contributed by atoms with E-state index in [0.717, 1.165) is 13.1 Å². The van der Waals surface area contributed by atoms with Crippen molar-refractivity contribution in [1.29, 1.82) is 5.26 Å². The lowest BCUT2D eigenvalue weighted by Crippen LogP contribution is -2.48. The minimum absolute atomic E-state index is 0.312. The molecule has 0 bridgehead atoms. The van der Waals surface area contributed by atoms with E-state index in [0.29, 0.717) is 18.4 Å². The topological polar surface area (TPSA) is 27.0 Å². The van der Waals surface area contributed by atoms with Crippen LogP contribution in [0.15, 0.2) is 60.7 Å². The average Bonchev–Trinajstić information content (AvgIpc) is 2.47. The molecule has 0 radical (unpaired) electrons. The number of rotatable bonds is 4. The van der Waals surface area contributed by atoms with Gasteiger partial charge < -0.3 is 0 Å². The Labute approximate surface area is 120 Å². The van der Waals surface area contributed by atoms with Crippen molar-refractivity contribution in [2.75, 3.05) is 13.1 Å². The van der Waals surface area contributed by atoms with Crippen molar-refractivity contribution in [1.82, 2.24) is 4.90 Å². The van der Waals surface area contributed by atoms with Gasteiger partial charge in [0.2, 0.25) is 0 Å². The maximum absolute atomic E-state index is 8.79. The molecule has 1 aliphatic heterocycles. The number of benzene rings is 2. The summed E-state index contributed by atoms with van der Waals surface area (Å²) >= 11 is 0. The predicted octanol–water partition coefficient (Wildman–Crippen LogP) is 3.62. The summed E-state index contributed by atoms with van der Waals surface area (Å²) < 4.78 is 0. The van der Waals surface area contributed by atoms with Crippen molar-refractivity contribution in [3.63, 3.8) is 0 Å². The molecule has 2 aromatic carbocycles. The first-order valence-electron chi connectivity index (χ1n) is 7.09. The van der Waals surface area contributed by atoms with Crippen LogP contribution in [0, 0.1) is 17.2 Å². The second-order valence-electron chi connectivity index (χ2n) is 5.41. The van der Waals surface area contributed by atoms with Gasteiger partial charge in [-0.1, -0.05) is 60.7 Å². The van der Waals surface area contributed by atoms with Crippen LogP contribution in [-0.4, -0.2) is 18.0 Å². The normalized spacial score (nSPS) is 15.8. The van der Waals surface area contributed by atoms with Gasteiger partial charge in [0.15, 0.2) is 0 Å². The molecule has 0 atom stereocenters. The number of nitriles is 1. The smallest absolute Gasteiger partial charge is 0.0625 e. The lowest BCUT2D eigenvalue weighted by atomic mass is 9.89. The average molecular weight is 262 g/mol. The van der Waals surface area contributed by atoms with E-state index < -0.39 is 0 Å². The van der Waals surface area contributed by atoms with Crippen molar-refractivity contribution >= 4 is 0 Å². The summed E-state index contributed by atoms with van der Waals surface area (Å²) in [5, 5.41) is 8.79. The van der Waals surface area contributed by atoms with Gasteiger partial charge in [-0.25, -0.2) is 0 Å². The number of likely N-dealkylation sites (tertiary alicyclic amines) is 1. The summed E-state index contributed by atoms with van der Waals surface area (Å²) in [6, 6.07) is 23.8. The second-order valence-corrected chi connectivity index (χ2v) is 5.41. The zero-order chi connectivity index (χ0) is 13.8. The summed E-state index contributed by atoms with van der Waals surface area (Å²) in [5.74, 6) is 0.537. The van der Waals surface area contributed by atoms with Gasteiger partial charge >= 0.3 is 0 Å². The van der Waals surface area contributed by atoms with Crippen LogP contribution < -0.4 is 0 Å². The van der Waals surface area contributed by atoms with Crippen molar-refractivity contribution in [3.05, 3.63) is 71.8 Å². The summed E-state index contributed by atoms with van der Waals surface area (Å²) in [6.45, 7) is 2.03. The fourth-order valence-electron chi connectivity index (χ4n) is 2.96. The lowest BCUT2D eigenvalue weighted by Gasteiger charge is -2.44. The third kappa shape index (κ3) is 2.59. The van der Waals surface area contributed by atoms with E-state index in [2.05, 4.69) is 71.6 Å². The molecule has 0 aromatic heterocycles. The maximum Gasteiger partial charge on any atom is 0.0625 e. The van der Waals surface area contributed by atoms with Gasteiger partial charge in [0, 0.05) is 19.5 Å². The molecule has 0 aliphatic carbocycles. The molecular weight excluding hydrogens is 244 g/mol. The van der Waals surface area contributed by atoms with Crippen LogP contribution >= 0.6 is 0 Å². The Kier molecular flexibility index (Phi) is 3.80. The molecule has 2 aromatic rings. The van der Waals surface area contributed by atoms with Gasteiger partial charge in [0.1, 0.15) is 0 Å². The van der Waals surface area contributed by atoms with Gasteiger partial charge in [0.05, 0.1) is 12.1 Å². The Hall–Kier alpha value is -2.11. The van der Waals surface area contributed by atoms with Crippen molar-refractivity contribution in [2.24, 2.45) is 5.92 Å². The standard InChI is InChI=1S/C18H18N2/c19-12-11-15-13-20(14-15)18(16-7-3-1-4-8-16)17-9-5-2-6-10-17/h1-10,15,18H,11,13-14H2. The van der Waals surface area contributed by atoms with Gasteiger partial charge in [-0.15, -0.1) is 0 Å². The molecule has 100 valence electrons. The molecule has 0 unspecified atom stereocenters. The Balaban J connectivity index is 1.85. The van der Waals surface area contributed by atoms with E-state index in [-0.39, 0.29) is 0 Å². The lowest BCUT2D eigenvalue weighted by molar-refractivity contribution is 0.0714. The van der Waals surface area contributed by atoms with Crippen LogP contribution in [0.5, 0.6) is 0 Å². The van der Waals surface area contributed by atoms with E-state index in [1.807, 2.05) is 0 Å². The van der Waals surface area contributed by atoms with Crippen molar-refractivity contribution < 1.29 is 0 Å². The molecule has 2 heteroatoms. The first-order chi connectivity index (χ1) is 9.88. The Morgan fingerprint density at radius 2 is 1.45 bits per heavy atom. The third-order valence-electron chi connectivity index (χ3n) is 3.96. The summed E-state index contributed by atoms with van der Waals surface area (Å²) in [5.41, 5.74) is 2.66. The number of nitrogens with zero attached hydrogens (tertiary/aromatic N) is 2. The molecule has 2 nitrogen and oxygen atoms in total. The molecule has 0 spiro atoms. The zero-order valence-corrected chi connectivity index (χ0v) is 11.4. The number of hydrogen-bond acceptors (Lipinski definition) is 2. The highest BCUT2D eigenvalue weighted by molar-refractivity contribution is 5.32. The largest absolute Gasteiger partial charge is 0.292 e. The quantitative estimate of drug-likeness (QED) is 0.841. The fourth-order valence-corrected chi connectivity index (χ4v) is 2.96. The third-order valence-corrected chi connectivity index (χ3v) is 3.96. The second kappa shape index (κ2) is 5.90. The van der Waals surface area contributed by atoms with Gasteiger partial charge in [-0.05, 0) is 17.0 Å². The van der Waals surface area contributed by atoms with Gasteiger partial charge in [-0.3, -0.25) is 4.90 Å². The van der Waals surface area contributed by atoms with E-state index in [1.54, 1.807) is 0 Å². The molecular formula is C18H18N2. The van der Waals surface area contributed by atoms with Crippen molar-refractivity contribution in [3.8, 4) is 6.07 Å².